The van der Waals surface area contributed by atoms with E-state index in [9.17, 15) is 14.4 Å². The summed E-state index contributed by atoms with van der Waals surface area (Å²) in [7, 11) is 0. The van der Waals surface area contributed by atoms with Crippen LogP contribution in [0, 0.1) is 0 Å². The molecule has 0 spiro atoms. The van der Waals surface area contributed by atoms with Crippen molar-refractivity contribution in [3.05, 3.63) is 29.3 Å². The van der Waals surface area contributed by atoms with E-state index in [4.69, 9.17) is 4.74 Å². The van der Waals surface area contributed by atoms with Crippen LogP contribution in [0.5, 0.6) is 5.75 Å². The number of nitrogens with one attached hydrogen (secondary N) is 1. The number of carbonyl (C=O) groups excluding carboxylic acids is 3. The second-order valence-corrected chi connectivity index (χ2v) is 7.44. The van der Waals surface area contributed by atoms with Gasteiger partial charge in [0.15, 0.2) is 0 Å². The first-order valence-corrected chi connectivity index (χ1v) is 9.71. The minimum absolute atomic E-state index is 0.0253. The number of carbonyl (C=O) groups is 3. The average molecular weight is 371 g/mol. The molecule has 7 nitrogen and oxygen atoms in total. The van der Waals surface area contributed by atoms with E-state index < -0.39 is 6.04 Å². The van der Waals surface area contributed by atoms with Crippen LogP contribution in [0.2, 0.25) is 0 Å². The second kappa shape index (κ2) is 7.58. The Morgan fingerprint density at radius 3 is 2.63 bits per heavy atom. The number of amides is 3. The lowest BCUT2D eigenvalue weighted by Crippen LogP contribution is -2.54. The zero-order valence-corrected chi connectivity index (χ0v) is 15.4. The maximum atomic E-state index is 12.6. The smallest absolute Gasteiger partial charge is 0.245 e. The van der Waals surface area contributed by atoms with E-state index >= 15 is 0 Å². The van der Waals surface area contributed by atoms with Crippen molar-refractivity contribution in [2.24, 2.45) is 0 Å². The second-order valence-electron chi connectivity index (χ2n) is 7.44. The summed E-state index contributed by atoms with van der Waals surface area (Å²) in [6, 6.07) is 5.61. The summed E-state index contributed by atoms with van der Waals surface area (Å²) < 4.78 is 5.62. The summed E-state index contributed by atoms with van der Waals surface area (Å²) in [5.74, 6) is 0.941. The van der Waals surface area contributed by atoms with Crippen LogP contribution >= 0.6 is 0 Å². The molecule has 0 saturated carbocycles. The van der Waals surface area contributed by atoms with E-state index in [2.05, 4.69) is 11.4 Å². The number of aryl methyl sites for hydroxylation is 1. The first-order valence-electron chi connectivity index (χ1n) is 9.71. The molecule has 0 aliphatic carbocycles. The Labute approximate surface area is 158 Å². The van der Waals surface area contributed by atoms with Crippen LogP contribution in [-0.4, -0.2) is 66.3 Å². The van der Waals surface area contributed by atoms with Gasteiger partial charge in [-0.2, -0.15) is 0 Å². The number of piperazine rings is 1. The summed E-state index contributed by atoms with van der Waals surface area (Å²) in [4.78, 5) is 40.0. The highest BCUT2D eigenvalue weighted by molar-refractivity contribution is 5.91. The maximum absolute atomic E-state index is 12.6. The van der Waals surface area contributed by atoms with Gasteiger partial charge in [0.2, 0.25) is 17.7 Å². The first-order chi connectivity index (χ1) is 13.1. The average Bonchev–Trinajstić information content (AvgIpc) is 3.14. The van der Waals surface area contributed by atoms with Crippen molar-refractivity contribution in [1.82, 2.24) is 15.1 Å². The Kier molecular flexibility index (Phi) is 5.01. The van der Waals surface area contributed by atoms with Crippen molar-refractivity contribution in [3.63, 3.8) is 0 Å². The van der Waals surface area contributed by atoms with Gasteiger partial charge in [0, 0.05) is 32.6 Å². The van der Waals surface area contributed by atoms with E-state index in [1.54, 1.807) is 4.90 Å². The van der Waals surface area contributed by atoms with Crippen molar-refractivity contribution in [2.75, 3.05) is 32.8 Å². The Morgan fingerprint density at radius 1 is 1.11 bits per heavy atom. The molecule has 27 heavy (non-hydrogen) atoms. The van der Waals surface area contributed by atoms with Gasteiger partial charge in [0.25, 0.3) is 0 Å². The Balaban J connectivity index is 1.30. The molecular weight excluding hydrogens is 346 g/mol. The van der Waals surface area contributed by atoms with Crippen molar-refractivity contribution in [2.45, 2.75) is 38.1 Å². The SMILES string of the molecule is O=C1CCC(C(=O)N2CCN(C(=O)Cc3ccc4c(c3)CCCO4)CC2)N1. The number of rotatable bonds is 3. The van der Waals surface area contributed by atoms with Crippen LogP contribution in [0.15, 0.2) is 18.2 Å². The Bertz CT molecular complexity index is 756. The lowest BCUT2D eigenvalue weighted by Gasteiger charge is -2.36. The fourth-order valence-corrected chi connectivity index (χ4v) is 4.01. The quantitative estimate of drug-likeness (QED) is 0.839. The predicted molar refractivity (Wildman–Crippen MR) is 98.3 cm³/mol. The molecule has 2 saturated heterocycles. The molecular formula is C20H25N3O4. The highest BCUT2D eigenvalue weighted by Crippen LogP contribution is 2.26. The predicted octanol–water partition coefficient (Wildman–Crippen LogP) is 0.504. The molecule has 2 fully saturated rings. The van der Waals surface area contributed by atoms with Crippen LogP contribution in [0.1, 0.15) is 30.4 Å². The third kappa shape index (κ3) is 3.91. The fourth-order valence-electron chi connectivity index (χ4n) is 4.01. The molecule has 1 aromatic carbocycles. The zero-order chi connectivity index (χ0) is 18.8. The van der Waals surface area contributed by atoms with Crippen molar-refractivity contribution >= 4 is 17.7 Å². The number of ether oxygens (including phenoxy) is 1. The van der Waals surface area contributed by atoms with E-state index in [1.165, 1.54) is 5.56 Å². The minimum atomic E-state index is -0.391. The molecule has 144 valence electrons. The monoisotopic (exact) mass is 371 g/mol. The molecule has 3 aliphatic heterocycles. The molecule has 3 heterocycles. The number of nitrogens with zero attached hydrogens (tertiary/aromatic N) is 2. The van der Waals surface area contributed by atoms with Crippen molar-refractivity contribution in [3.8, 4) is 5.75 Å². The van der Waals surface area contributed by atoms with Gasteiger partial charge in [-0.15, -0.1) is 0 Å². The molecule has 3 aliphatic rings. The van der Waals surface area contributed by atoms with Gasteiger partial charge in [0.1, 0.15) is 11.8 Å². The van der Waals surface area contributed by atoms with Gasteiger partial charge in [0.05, 0.1) is 13.0 Å². The largest absolute Gasteiger partial charge is 0.493 e. The van der Waals surface area contributed by atoms with Crippen LogP contribution in [0.3, 0.4) is 0 Å². The lowest BCUT2D eigenvalue weighted by molar-refractivity contribution is -0.140. The standard InChI is InChI=1S/C20H25N3O4/c24-18-6-4-16(21-18)20(26)23-9-7-22(8-10-23)19(25)13-14-3-5-17-15(12-14)2-1-11-27-17/h3,5,12,16H,1-2,4,6-11,13H2,(H,21,24). The summed E-state index contributed by atoms with van der Waals surface area (Å²) in [6.07, 6.45) is 3.37. The fraction of sp³-hybridized carbons (Fsp3) is 0.550. The van der Waals surface area contributed by atoms with Crippen LogP contribution in [-0.2, 0) is 27.2 Å². The van der Waals surface area contributed by atoms with Gasteiger partial charge < -0.3 is 19.9 Å². The van der Waals surface area contributed by atoms with Crippen LogP contribution in [0.25, 0.3) is 0 Å². The zero-order valence-electron chi connectivity index (χ0n) is 15.4. The number of hydrogen-bond donors (Lipinski definition) is 1. The summed E-state index contributed by atoms with van der Waals surface area (Å²) in [5.41, 5.74) is 2.19. The highest BCUT2D eigenvalue weighted by atomic mass is 16.5. The van der Waals surface area contributed by atoms with E-state index in [1.807, 2.05) is 17.0 Å². The molecule has 4 rings (SSSR count). The van der Waals surface area contributed by atoms with Gasteiger partial charge in [-0.3, -0.25) is 14.4 Å². The summed E-state index contributed by atoms with van der Waals surface area (Å²) in [6.45, 7) is 2.89. The topological polar surface area (TPSA) is 79.0 Å². The van der Waals surface area contributed by atoms with Gasteiger partial charge in [-0.05, 0) is 36.5 Å². The minimum Gasteiger partial charge on any atom is -0.493 e. The Morgan fingerprint density at radius 2 is 1.89 bits per heavy atom. The maximum Gasteiger partial charge on any atom is 0.245 e. The third-order valence-corrected chi connectivity index (χ3v) is 5.57. The Hall–Kier alpha value is -2.57. The van der Waals surface area contributed by atoms with E-state index in [-0.39, 0.29) is 17.7 Å². The molecule has 0 aromatic heterocycles. The molecule has 1 atom stereocenters. The summed E-state index contributed by atoms with van der Waals surface area (Å²) in [5, 5.41) is 2.72. The first kappa shape index (κ1) is 17.8. The molecule has 1 aromatic rings. The molecule has 0 bridgehead atoms. The molecule has 0 radical (unpaired) electrons. The van der Waals surface area contributed by atoms with E-state index in [0.717, 1.165) is 30.8 Å². The third-order valence-electron chi connectivity index (χ3n) is 5.57. The number of fused-ring (bicyclic) bond motifs is 1. The molecule has 1 N–H and O–H groups in total. The lowest BCUT2D eigenvalue weighted by atomic mass is 10.0. The number of hydrogen-bond acceptors (Lipinski definition) is 4. The molecule has 7 heteroatoms. The van der Waals surface area contributed by atoms with Crippen LogP contribution < -0.4 is 10.1 Å². The van der Waals surface area contributed by atoms with Crippen molar-refractivity contribution in [1.29, 1.82) is 0 Å². The van der Waals surface area contributed by atoms with Gasteiger partial charge >= 0.3 is 0 Å². The van der Waals surface area contributed by atoms with Crippen LogP contribution in [0.4, 0.5) is 0 Å². The number of benzene rings is 1. The molecule has 3 amide bonds. The van der Waals surface area contributed by atoms with Crippen molar-refractivity contribution < 1.29 is 19.1 Å². The highest BCUT2D eigenvalue weighted by Gasteiger charge is 2.33. The van der Waals surface area contributed by atoms with E-state index in [0.29, 0.717) is 45.4 Å². The molecule has 1 unspecified atom stereocenters. The normalized spacial score (nSPS) is 22.1. The summed E-state index contributed by atoms with van der Waals surface area (Å²) >= 11 is 0. The van der Waals surface area contributed by atoms with Gasteiger partial charge in [-0.1, -0.05) is 12.1 Å². The van der Waals surface area contributed by atoms with Gasteiger partial charge in [-0.25, -0.2) is 0 Å².